The van der Waals surface area contributed by atoms with Gasteiger partial charge in [0.15, 0.2) is 16.3 Å². The summed E-state index contributed by atoms with van der Waals surface area (Å²) in [6, 6.07) is 20.1. The lowest BCUT2D eigenvalue weighted by molar-refractivity contribution is -0.120. The normalized spacial score (nSPS) is 11.1. The smallest absolute Gasteiger partial charge is 0.332 e. The Balaban J connectivity index is 1.47. The molecule has 0 unspecified atom stereocenters. The molecule has 4 rings (SSSR count). The Morgan fingerprint density at radius 1 is 0.914 bits per heavy atom. The zero-order valence-electron chi connectivity index (χ0n) is 19.9. The van der Waals surface area contributed by atoms with Gasteiger partial charge in [-0.15, -0.1) is 0 Å². The van der Waals surface area contributed by atoms with Crippen molar-refractivity contribution in [2.45, 2.75) is 31.0 Å². The van der Waals surface area contributed by atoms with Crippen molar-refractivity contribution in [3.8, 4) is 0 Å². The first-order chi connectivity index (χ1) is 17.0. The molecule has 0 saturated heterocycles. The third-order valence-corrected chi connectivity index (χ3v) is 6.89. The number of aryl methyl sites for hydroxylation is 3. The van der Waals surface area contributed by atoms with Crippen molar-refractivity contribution in [1.29, 1.82) is 0 Å². The van der Waals surface area contributed by atoms with E-state index in [1.807, 2.05) is 65.2 Å². The van der Waals surface area contributed by atoms with E-state index in [4.69, 9.17) is 0 Å². The summed E-state index contributed by atoms with van der Waals surface area (Å²) in [6.45, 7) is 1.15. The molecule has 0 atom stereocenters. The van der Waals surface area contributed by atoms with Crippen LogP contribution in [-0.2, 0) is 38.3 Å². The second kappa shape index (κ2) is 11.2. The Labute approximate surface area is 207 Å². The molecule has 4 aromatic rings. The highest BCUT2D eigenvalue weighted by Crippen LogP contribution is 2.23. The van der Waals surface area contributed by atoms with E-state index in [2.05, 4.69) is 10.3 Å². The molecule has 0 bridgehead atoms. The Bertz CT molecular complexity index is 1420. The lowest BCUT2D eigenvalue weighted by atomic mass is 10.1. The van der Waals surface area contributed by atoms with Crippen molar-refractivity contribution in [3.05, 3.63) is 92.6 Å². The summed E-state index contributed by atoms with van der Waals surface area (Å²) in [5, 5.41) is 3.59. The zero-order chi connectivity index (χ0) is 24.8. The van der Waals surface area contributed by atoms with E-state index in [0.29, 0.717) is 36.1 Å². The molecular formula is C26H29N5O3S. The largest absolute Gasteiger partial charge is 0.356 e. The third-order valence-electron chi connectivity index (χ3n) is 5.91. The average Bonchev–Trinajstić information content (AvgIpc) is 3.24. The SMILES string of the molecule is Cn1c(=O)c2nc(SCCC(=O)NCCc3ccccc3)n(CCc3ccccc3)c2n(C)c1=O. The molecule has 0 aliphatic carbocycles. The van der Waals surface area contributed by atoms with Crippen molar-refractivity contribution >= 4 is 28.8 Å². The van der Waals surface area contributed by atoms with Crippen molar-refractivity contribution in [3.63, 3.8) is 0 Å². The summed E-state index contributed by atoms with van der Waals surface area (Å²) in [6.07, 6.45) is 1.84. The lowest BCUT2D eigenvalue weighted by Crippen LogP contribution is -2.37. The quantitative estimate of drug-likeness (QED) is 0.344. The van der Waals surface area contributed by atoms with E-state index < -0.39 is 11.2 Å². The number of benzene rings is 2. The molecular weight excluding hydrogens is 462 g/mol. The highest BCUT2D eigenvalue weighted by atomic mass is 32.2. The first-order valence-electron chi connectivity index (χ1n) is 11.6. The Kier molecular flexibility index (Phi) is 7.87. The highest BCUT2D eigenvalue weighted by Gasteiger charge is 2.19. The number of hydrogen-bond acceptors (Lipinski definition) is 5. The molecule has 1 N–H and O–H groups in total. The standard InChI is InChI=1S/C26H29N5O3S/c1-29-23-22(24(33)30(2)26(29)34)28-25(31(23)17-14-20-11-7-4-8-12-20)35-18-15-21(32)27-16-13-19-9-5-3-6-10-19/h3-12H,13-18H2,1-2H3,(H,27,32). The minimum Gasteiger partial charge on any atom is -0.356 e. The predicted octanol–water partition coefficient (Wildman–Crippen LogP) is 2.52. The monoisotopic (exact) mass is 491 g/mol. The van der Waals surface area contributed by atoms with Crippen molar-refractivity contribution in [1.82, 2.24) is 24.0 Å². The fourth-order valence-electron chi connectivity index (χ4n) is 3.98. The fourth-order valence-corrected chi connectivity index (χ4v) is 4.94. The van der Waals surface area contributed by atoms with Gasteiger partial charge >= 0.3 is 5.69 Å². The van der Waals surface area contributed by atoms with Crippen LogP contribution in [0.15, 0.2) is 75.4 Å². The first kappa shape index (κ1) is 24.5. The van der Waals surface area contributed by atoms with Crippen molar-refractivity contribution in [2.24, 2.45) is 14.1 Å². The van der Waals surface area contributed by atoms with E-state index in [1.54, 1.807) is 7.05 Å². The van der Waals surface area contributed by atoms with Crippen LogP contribution in [0.5, 0.6) is 0 Å². The molecule has 0 saturated carbocycles. The number of thioether (sulfide) groups is 1. The maximum absolute atomic E-state index is 12.8. The van der Waals surface area contributed by atoms with E-state index in [0.717, 1.165) is 23.0 Å². The number of carbonyl (C=O) groups excluding carboxylic acids is 1. The van der Waals surface area contributed by atoms with Gasteiger partial charge < -0.3 is 9.88 Å². The minimum atomic E-state index is -0.415. The van der Waals surface area contributed by atoms with Gasteiger partial charge in [-0.05, 0) is 24.0 Å². The molecule has 1 amide bonds. The summed E-state index contributed by atoms with van der Waals surface area (Å²) >= 11 is 1.42. The summed E-state index contributed by atoms with van der Waals surface area (Å²) in [5.74, 6) is 0.490. The number of carbonyl (C=O) groups is 1. The molecule has 0 radical (unpaired) electrons. The number of amides is 1. The van der Waals surface area contributed by atoms with E-state index >= 15 is 0 Å². The van der Waals surface area contributed by atoms with Crippen LogP contribution < -0.4 is 16.6 Å². The fraction of sp³-hybridized carbons (Fsp3) is 0.308. The van der Waals surface area contributed by atoms with Crippen LogP contribution >= 0.6 is 11.8 Å². The van der Waals surface area contributed by atoms with Gasteiger partial charge in [0.2, 0.25) is 5.91 Å². The molecule has 8 nitrogen and oxygen atoms in total. The number of aromatic nitrogens is 4. The molecule has 0 aliphatic rings. The Hall–Kier alpha value is -3.59. The number of hydrogen-bond donors (Lipinski definition) is 1. The van der Waals surface area contributed by atoms with Crippen molar-refractivity contribution < 1.29 is 4.79 Å². The zero-order valence-corrected chi connectivity index (χ0v) is 20.8. The van der Waals surface area contributed by atoms with Crippen LogP contribution in [0.3, 0.4) is 0 Å². The van der Waals surface area contributed by atoms with Crippen LogP contribution in [0, 0.1) is 0 Å². The van der Waals surface area contributed by atoms with Crippen LogP contribution in [-0.4, -0.2) is 36.9 Å². The Morgan fingerprint density at radius 2 is 1.54 bits per heavy atom. The second-order valence-corrected chi connectivity index (χ2v) is 9.41. The highest BCUT2D eigenvalue weighted by molar-refractivity contribution is 7.99. The van der Waals surface area contributed by atoms with E-state index in [-0.39, 0.29) is 11.4 Å². The molecule has 182 valence electrons. The molecule has 2 aromatic carbocycles. The van der Waals surface area contributed by atoms with Gasteiger partial charge in [-0.2, -0.15) is 0 Å². The molecule has 2 aromatic heterocycles. The Morgan fingerprint density at radius 3 is 2.20 bits per heavy atom. The van der Waals surface area contributed by atoms with Gasteiger partial charge in [-0.25, -0.2) is 9.78 Å². The maximum Gasteiger partial charge on any atom is 0.332 e. The van der Waals surface area contributed by atoms with Gasteiger partial charge in [-0.1, -0.05) is 72.4 Å². The second-order valence-electron chi connectivity index (χ2n) is 8.34. The van der Waals surface area contributed by atoms with Crippen LogP contribution in [0.25, 0.3) is 11.2 Å². The number of fused-ring (bicyclic) bond motifs is 1. The van der Waals surface area contributed by atoms with Gasteiger partial charge in [0, 0.05) is 39.4 Å². The summed E-state index contributed by atoms with van der Waals surface area (Å²) < 4.78 is 4.46. The molecule has 9 heteroatoms. The predicted molar refractivity (Wildman–Crippen MR) is 139 cm³/mol. The number of nitrogens with zero attached hydrogens (tertiary/aromatic N) is 4. The van der Waals surface area contributed by atoms with Crippen LogP contribution in [0.1, 0.15) is 17.5 Å². The van der Waals surface area contributed by atoms with Gasteiger partial charge in [0.1, 0.15) is 0 Å². The van der Waals surface area contributed by atoms with E-state index in [9.17, 15) is 14.4 Å². The van der Waals surface area contributed by atoms with Gasteiger partial charge in [0.05, 0.1) is 0 Å². The first-order valence-corrected chi connectivity index (χ1v) is 12.6. The summed E-state index contributed by atoms with van der Waals surface area (Å²) in [5.41, 5.74) is 2.29. The lowest BCUT2D eigenvalue weighted by Gasteiger charge is -2.11. The molecule has 2 heterocycles. The molecule has 35 heavy (non-hydrogen) atoms. The topological polar surface area (TPSA) is 90.9 Å². The summed E-state index contributed by atoms with van der Waals surface area (Å²) in [4.78, 5) is 42.3. The molecule has 0 spiro atoms. The average molecular weight is 492 g/mol. The molecule has 0 fully saturated rings. The minimum absolute atomic E-state index is 0.0244. The van der Waals surface area contributed by atoms with Crippen molar-refractivity contribution in [2.75, 3.05) is 12.3 Å². The maximum atomic E-state index is 12.8. The van der Waals surface area contributed by atoms with Crippen LogP contribution in [0.2, 0.25) is 0 Å². The number of nitrogens with one attached hydrogen (secondary N) is 1. The number of rotatable bonds is 10. The summed E-state index contributed by atoms with van der Waals surface area (Å²) in [7, 11) is 3.11. The van der Waals surface area contributed by atoms with Crippen LogP contribution in [0.4, 0.5) is 0 Å². The third kappa shape index (κ3) is 5.74. The molecule has 0 aliphatic heterocycles. The van der Waals surface area contributed by atoms with E-state index in [1.165, 1.54) is 28.9 Å². The van der Waals surface area contributed by atoms with Gasteiger partial charge in [-0.3, -0.25) is 18.7 Å². The van der Waals surface area contributed by atoms with Gasteiger partial charge in [0.25, 0.3) is 5.56 Å². The number of imidazole rings is 1.